The lowest BCUT2D eigenvalue weighted by Gasteiger charge is -2.30. The van der Waals surface area contributed by atoms with Crippen molar-refractivity contribution in [2.45, 2.75) is 52.1 Å². The zero-order chi connectivity index (χ0) is 9.73. The first-order valence-electron chi connectivity index (χ1n) is 5.57. The Morgan fingerprint density at radius 3 is 2.69 bits per heavy atom. The Morgan fingerprint density at radius 2 is 2.23 bits per heavy atom. The quantitative estimate of drug-likeness (QED) is 0.667. The Hall–Kier alpha value is -0.0800. The van der Waals surface area contributed by atoms with Gasteiger partial charge in [-0.05, 0) is 19.8 Å². The van der Waals surface area contributed by atoms with Crippen LogP contribution in [0.5, 0.6) is 0 Å². The van der Waals surface area contributed by atoms with Gasteiger partial charge < -0.3 is 10.5 Å². The summed E-state index contributed by atoms with van der Waals surface area (Å²) in [5, 5.41) is 0. The Morgan fingerprint density at radius 1 is 1.46 bits per heavy atom. The third kappa shape index (κ3) is 2.44. The molecule has 2 heteroatoms. The zero-order valence-electron chi connectivity index (χ0n) is 9.01. The Balaban J connectivity index is 2.39. The molecule has 1 fully saturated rings. The van der Waals surface area contributed by atoms with Gasteiger partial charge >= 0.3 is 0 Å². The molecule has 0 radical (unpaired) electrons. The first kappa shape index (κ1) is 11.0. The summed E-state index contributed by atoms with van der Waals surface area (Å²) in [5.41, 5.74) is 6.16. The molecule has 0 bridgehead atoms. The standard InChI is InChI=1S/C11H23NO/c1-3-4-5-6-11(9-12)7-8-13-10(11)2/h10H,3-9,12H2,1-2H3. The predicted molar refractivity (Wildman–Crippen MR) is 55.7 cm³/mol. The number of unbranched alkanes of at least 4 members (excludes halogenated alkanes) is 2. The van der Waals surface area contributed by atoms with Crippen molar-refractivity contribution in [1.82, 2.24) is 0 Å². The Kier molecular flexibility index (Phi) is 4.20. The van der Waals surface area contributed by atoms with E-state index in [0.717, 1.165) is 19.6 Å². The summed E-state index contributed by atoms with van der Waals surface area (Å²) in [6.07, 6.45) is 6.70. The third-order valence-corrected chi connectivity index (χ3v) is 3.51. The molecule has 2 unspecified atom stereocenters. The monoisotopic (exact) mass is 185 g/mol. The fraction of sp³-hybridized carbons (Fsp3) is 1.00. The second kappa shape index (κ2) is 4.97. The van der Waals surface area contributed by atoms with Crippen molar-refractivity contribution in [2.24, 2.45) is 11.1 Å². The van der Waals surface area contributed by atoms with Crippen LogP contribution < -0.4 is 5.73 Å². The summed E-state index contributed by atoms with van der Waals surface area (Å²) >= 11 is 0. The molecule has 0 aliphatic carbocycles. The summed E-state index contributed by atoms with van der Waals surface area (Å²) in [4.78, 5) is 0. The predicted octanol–water partition coefficient (Wildman–Crippen LogP) is 2.32. The molecule has 78 valence electrons. The number of hydrogen-bond donors (Lipinski definition) is 1. The van der Waals surface area contributed by atoms with Gasteiger partial charge in [0.1, 0.15) is 0 Å². The van der Waals surface area contributed by atoms with Crippen molar-refractivity contribution >= 4 is 0 Å². The van der Waals surface area contributed by atoms with E-state index >= 15 is 0 Å². The Bertz CT molecular complexity index is 149. The van der Waals surface area contributed by atoms with Crippen LogP contribution in [0.3, 0.4) is 0 Å². The average Bonchev–Trinajstić information content (AvgIpc) is 2.49. The van der Waals surface area contributed by atoms with Crippen LogP contribution in [0.2, 0.25) is 0 Å². The summed E-state index contributed by atoms with van der Waals surface area (Å²) in [7, 11) is 0. The highest BCUT2D eigenvalue weighted by atomic mass is 16.5. The molecular weight excluding hydrogens is 162 g/mol. The summed E-state index contributed by atoms with van der Waals surface area (Å²) < 4.78 is 5.61. The van der Waals surface area contributed by atoms with E-state index in [1.807, 2.05) is 0 Å². The molecule has 0 saturated carbocycles. The minimum Gasteiger partial charge on any atom is -0.378 e. The fourth-order valence-electron chi connectivity index (χ4n) is 2.24. The van der Waals surface area contributed by atoms with Gasteiger partial charge in [-0.25, -0.2) is 0 Å². The van der Waals surface area contributed by atoms with Gasteiger partial charge in [0.2, 0.25) is 0 Å². The largest absolute Gasteiger partial charge is 0.378 e. The molecule has 13 heavy (non-hydrogen) atoms. The van der Waals surface area contributed by atoms with E-state index in [0.29, 0.717) is 11.5 Å². The number of hydrogen-bond acceptors (Lipinski definition) is 2. The SMILES string of the molecule is CCCCCC1(CN)CCOC1C. The van der Waals surface area contributed by atoms with E-state index in [4.69, 9.17) is 10.5 Å². The van der Waals surface area contributed by atoms with E-state index in [-0.39, 0.29) is 0 Å². The van der Waals surface area contributed by atoms with Crippen LogP contribution in [-0.2, 0) is 4.74 Å². The number of ether oxygens (including phenoxy) is 1. The second-order valence-corrected chi connectivity index (χ2v) is 4.29. The van der Waals surface area contributed by atoms with Crippen molar-refractivity contribution in [2.75, 3.05) is 13.2 Å². The van der Waals surface area contributed by atoms with E-state index in [1.165, 1.54) is 25.7 Å². The highest BCUT2D eigenvalue weighted by Gasteiger charge is 2.39. The first-order valence-corrected chi connectivity index (χ1v) is 5.57. The van der Waals surface area contributed by atoms with Crippen LogP contribution in [0.25, 0.3) is 0 Å². The molecule has 1 saturated heterocycles. The minimum absolute atomic E-state index is 0.301. The molecule has 2 N–H and O–H groups in total. The van der Waals surface area contributed by atoms with Crippen molar-refractivity contribution < 1.29 is 4.74 Å². The zero-order valence-corrected chi connectivity index (χ0v) is 9.01. The molecule has 1 rings (SSSR count). The highest BCUT2D eigenvalue weighted by Crippen LogP contribution is 2.38. The van der Waals surface area contributed by atoms with E-state index in [1.54, 1.807) is 0 Å². The molecule has 1 aliphatic rings. The van der Waals surface area contributed by atoms with Gasteiger partial charge in [0.05, 0.1) is 6.10 Å². The molecule has 0 spiro atoms. The average molecular weight is 185 g/mol. The van der Waals surface area contributed by atoms with Gasteiger partial charge in [0.25, 0.3) is 0 Å². The molecule has 0 aromatic heterocycles. The van der Waals surface area contributed by atoms with Crippen LogP contribution in [0.1, 0.15) is 46.0 Å². The van der Waals surface area contributed by atoms with Crippen molar-refractivity contribution in [3.05, 3.63) is 0 Å². The maximum absolute atomic E-state index is 5.86. The molecule has 0 aromatic rings. The van der Waals surface area contributed by atoms with E-state index in [2.05, 4.69) is 13.8 Å². The maximum Gasteiger partial charge on any atom is 0.0616 e. The normalized spacial score (nSPS) is 33.9. The van der Waals surface area contributed by atoms with Gasteiger partial charge in [-0.15, -0.1) is 0 Å². The first-order chi connectivity index (χ1) is 6.25. The molecular formula is C11H23NO. The summed E-state index contributed by atoms with van der Waals surface area (Å²) in [6.45, 7) is 6.11. The molecule has 2 atom stereocenters. The van der Waals surface area contributed by atoms with Crippen molar-refractivity contribution in [3.63, 3.8) is 0 Å². The van der Waals surface area contributed by atoms with Crippen LogP contribution in [-0.4, -0.2) is 19.3 Å². The van der Waals surface area contributed by atoms with E-state index < -0.39 is 0 Å². The maximum atomic E-state index is 5.86. The van der Waals surface area contributed by atoms with Crippen LogP contribution in [0.4, 0.5) is 0 Å². The van der Waals surface area contributed by atoms with E-state index in [9.17, 15) is 0 Å². The van der Waals surface area contributed by atoms with Crippen LogP contribution >= 0.6 is 0 Å². The van der Waals surface area contributed by atoms with Crippen LogP contribution in [0, 0.1) is 5.41 Å². The van der Waals surface area contributed by atoms with Gasteiger partial charge in [-0.2, -0.15) is 0 Å². The van der Waals surface area contributed by atoms with Crippen molar-refractivity contribution in [3.8, 4) is 0 Å². The van der Waals surface area contributed by atoms with Gasteiger partial charge in [0, 0.05) is 18.6 Å². The van der Waals surface area contributed by atoms with Gasteiger partial charge in [-0.1, -0.05) is 26.2 Å². The second-order valence-electron chi connectivity index (χ2n) is 4.29. The minimum atomic E-state index is 0.301. The topological polar surface area (TPSA) is 35.2 Å². The molecule has 1 aliphatic heterocycles. The lowest BCUT2D eigenvalue weighted by atomic mass is 9.77. The van der Waals surface area contributed by atoms with Gasteiger partial charge in [-0.3, -0.25) is 0 Å². The molecule has 0 aromatic carbocycles. The lowest BCUT2D eigenvalue weighted by Crippen LogP contribution is -2.36. The molecule has 1 heterocycles. The van der Waals surface area contributed by atoms with Gasteiger partial charge in [0.15, 0.2) is 0 Å². The lowest BCUT2D eigenvalue weighted by molar-refractivity contribution is 0.0616. The number of nitrogens with two attached hydrogens (primary N) is 1. The van der Waals surface area contributed by atoms with Crippen LogP contribution in [0.15, 0.2) is 0 Å². The summed E-state index contributed by atoms with van der Waals surface area (Å²) in [6, 6.07) is 0. The third-order valence-electron chi connectivity index (χ3n) is 3.51. The molecule has 2 nitrogen and oxygen atoms in total. The summed E-state index contributed by atoms with van der Waals surface area (Å²) in [5.74, 6) is 0. The smallest absolute Gasteiger partial charge is 0.0616 e. The Labute approximate surface area is 81.8 Å². The molecule has 0 amide bonds. The van der Waals surface area contributed by atoms with Crippen molar-refractivity contribution in [1.29, 1.82) is 0 Å². The fourth-order valence-corrected chi connectivity index (χ4v) is 2.24. The highest BCUT2D eigenvalue weighted by molar-refractivity contribution is 4.90. The number of rotatable bonds is 5.